The summed E-state index contributed by atoms with van der Waals surface area (Å²) in [6.07, 6.45) is 8.76. The molecule has 90 valence electrons. The first-order valence-electron chi connectivity index (χ1n) is 6.29. The van der Waals surface area contributed by atoms with E-state index in [1.807, 2.05) is 6.20 Å². The Morgan fingerprint density at radius 2 is 2.44 bits per heavy atom. The minimum Gasteiger partial charge on any atom is -0.312 e. The molecule has 0 saturated heterocycles. The van der Waals surface area contributed by atoms with Gasteiger partial charge >= 0.3 is 0 Å². The van der Waals surface area contributed by atoms with Crippen LogP contribution in [0.15, 0.2) is 6.20 Å². The van der Waals surface area contributed by atoms with Crippen LogP contribution < -0.4 is 5.32 Å². The Morgan fingerprint density at radius 1 is 1.56 bits per heavy atom. The number of hydrogen-bond donors (Lipinski definition) is 1. The molecule has 1 aromatic rings. The van der Waals surface area contributed by atoms with Crippen LogP contribution >= 0.6 is 11.5 Å². The van der Waals surface area contributed by atoms with Crippen molar-refractivity contribution in [1.82, 2.24) is 14.9 Å². The predicted octanol–water partition coefficient (Wildman–Crippen LogP) is 3.02. The Morgan fingerprint density at radius 3 is 3.06 bits per heavy atom. The first-order valence-corrected chi connectivity index (χ1v) is 7.07. The third kappa shape index (κ3) is 2.61. The van der Waals surface area contributed by atoms with Gasteiger partial charge in [-0.1, -0.05) is 30.7 Å². The van der Waals surface area contributed by atoms with Gasteiger partial charge in [0.05, 0.1) is 11.1 Å². The van der Waals surface area contributed by atoms with Gasteiger partial charge in [0, 0.05) is 6.04 Å². The Kier molecular flexibility index (Phi) is 4.29. The smallest absolute Gasteiger partial charge is 0.0669 e. The molecule has 0 amide bonds. The highest BCUT2D eigenvalue weighted by atomic mass is 32.1. The average Bonchev–Trinajstić information content (AvgIpc) is 2.84. The first-order chi connectivity index (χ1) is 7.85. The topological polar surface area (TPSA) is 37.8 Å². The number of nitrogens with one attached hydrogen (secondary N) is 1. The SMILES string of the molecule is CCC1CCCC(C(NC)c2cnns2)C1. The van der Waals surface area contributed by atoms with Crippen LogP contribution in [0.2, 0.25) is 0 Å². The molecule has 4 heteroatoms. The van der Waals surface area contributed by atoms with Crippen LogP contribution in [0.5, 0.6) is 0 Å². The van der Waals surface area contributed by atoms with Gasteiger partial charge in [-0.2, -0.15) is 0 Å². The number of rotatable bonds is 4. The van der Waals surface area contributed by atoms with E-state index in [9.17, 15) is 0 Å². The van der Waals surface area contributed by atoms with Crippen LogP contribution in [-0.2, 0) is 0 Å². The average molecular weight is 239 g/mol. The van der Waals surface area contributed by atoms with Crippen LogP contribution in [0.25, 0.3) is 0 Å². The quantitative estimate of drug-likeness (QED) is 0.877. The van der Waals surface area contributed by atoms with Crippen LogP contribution in [0.3, 0.4) is 0 Å². The highest BCUT2D eigenvalue weighted by molar-refractivity contribution is 7.05. The summed E-state index contributed by atoms with van der Waals surface area (Å²) in [6.45, 7) is 2.32. The highest BCUT2D eigenvalue weighted by Gasteiger charge is 2.28. The summed E-state index contributed by atoms with van der Waals surface area (Å²) in [5.74, 6) is 1.70. The van der Waals surface area contributed by atoms with E-state index in [0.717, 1.165) is 11.8 Å². The summed E-state index contributed by atoms with van der Waals surface area (Å²) in [5.41, 5.74) is 0. The van der Waals surface area contributed by atoms with E-state index < -0.39 is 0 Å². The molecule has 3 atom stereocenters. The number of aromatic nitrogens is 2. The van der Waals surface area contributed by atoms with Crippen molar-refractivity contribution in [3.05, 3.63) is 11.1 Å². The maximum Gasteiger partial charge on any atom is 0.0669 e. The maximum absolute atomic E-state index is 3.98. The Bertz CT molecular complexity index is 299. The molecular weight excluding hydrogens is 218 g/mol. The Balaban J connectivity index is 2.03. The molecule has 1 heterocycles. The summed E-state index contributed by atoms with van der Waals surface area (Å²) in [6, 6.07) is 0.467. The van der Waals surface area contributed by atoms with E-state index in [0.29, 0.717) is 6.04 Å². The zero-order valence-corrected chi connectivity index (χ0v) is 11.0. The molecule has 1 aromatic heterocycles. The molecule has 1 fully saturated rings. The fourth-order valence-corrected chi connectivity index (χ4v) is 3.63. The third-order valence-corrected chi connectivity index (χ3v) is 4.61. The van der Waals surface area contributed by atoms with Gasteiger partial charge < -0.3 is 5.32 Å². The fourth-order valence-electron chi connectivity index (χ4n) is 2.93. The molecule has 3 nitrogen and oxygen atoms in total. The van der Waals surface area contributed by atoms with Crippen LogP contribution in [0.1, 0.15) is 49.9 Å². The van der Waals surface area contributed by atoms with Crippen LogP contribution in [0, 0.1) is 11.8 Å². The van der Waals surface area contributed by atoms with E-state index in [2.05, 4.69) is 28.9 Å². The van der Waals surface area contributed by atoms with Gasteiger partial charge in [0.15, 0.2) is 0 Å². The van der Waals surface area contributed by atoms with Crippen LogP contribution in [0.4, 0.5) is 0 Å². The van der Waals surface area contributed by atoms with Gasteiger partial charge in [-0.05, 0) is 43.3 Å². The monoisotopic (exact) mass is 239 g/mol. The lowest BCUT2D eigenvalue weighted by molar-refractivity contribution is 0.216. The van der Waals surface area contributed by atoms with E-state index in [4.69, 9.17) is 0 Å². The molecule has 0 aliphatic heterocycles. The minimum atomic E-state index is 0.467. The highest BCUT2D eigenvalue weighted by Crippen LogP contribution is 2.38. The molecule has 0 aromatic carbocycles. The number of nitrogens with zero attached hydrogens (tertiary/aromatic N) is 2. The van der Waals surface area contributed by atoms with Crippen molar-refractivity contribution in [2.45, 2.75) is 45.1 Å². The zero-order chi connectivity index (χ0) is 11.4. The van der Waals surface area contributed by atoms with Crippen molar-refractivity contribution in [2.24, 2.45) is 11.8 Å². The Labute approximate surface area is 102 Å². The lowest BCUT2D eigenvalue weighted by atomic mass is 9.76. The lowest BCUT2D eigenvalue weighted by Gasteiger charge is -2.33. The summed E-state index contributed by atoms with van der Waals surface area (Å²) in [7, 11) is 2.06. The fraction of sp³-hybridized carbons (Fsp3) is 0.833. The normalized spacial score (nSPS) is 27.9. The van der Waals surface area contributed by atoms with Crippen molar-refractivity contribution in [1.29, 1.82) is 0 Å². The van der Waals surface area contributed by atoms with Crippen molar-refractivity contribution < 1.29 is 0 Å². The first kappa shape index (κ1) is 12.0. The second-order valence-corrected chi connectivity index (χ2v) is 5.60. The van der Waals surface area contributed by atoms with Gasteiger partial charge in [0.1, 0.15) is 0 Å². The molecular formula is C12H21N3S. The third-order valence-electron chi connectivity index (χ3n) is 3.87. The minimum absolute atomic E-state index is 0.467. The van der Waals surface area contributed by atoms with Gasteiger partial charge in [-0.25, -0.2) is 0 Å². The summed E-state index contributed by atoms with van der Waals surface area (Å²) < 4.78 is 3.98. The molecule has 1 N–H and O–H groups in total. The van der Waals surface area contributed by atoms with Crippen molar-refractivity contribution in [2.75, 3.05) is 7.05 Å². The van der Waals surface area contributed by atoms with Crippen molar-refractivity contribution >= 4 is 11.5 Å². The molecule has 1 aliphatic carbocycles. The molecule has 0 bridgehead atoms. The molecule has 16 heavy (non-hydrogen) atoms. The van der Waals surface area contributed by atoms with Crippen LogP contribution in [-0.4, -0.2) is 16.6 Å². The van der Waals surface area contributed by atoms with Crippen molar-refractivity contribution in [3.8, 4) is 0 Å². The second kappa shape index (κ2) is 5.73. The summed E-state index contributed by atoms with van der Waals surface area (Å²) in [5, 5.41) is 7.40. The lowest BCUT2D eigenvalue weighted by Crippen LogP contribution is -2.28. The Hall–Kier alpha value is -0.480. The van der Waals surface area contributed by atoms with Gasteiger partial charge in [-0.15, -0.1) is 5.10 Å². The predicted molar refractivity (Wildman–Crippen MR) is 67.4 cm³/mol. The molecule has 0 spiro atoms. The molecule has 2 rings (SSSR count). The molecule has 1 aliphatic rings. The number of hydrogen-bond acceptors (Lipinski definition) is 4. The zero-order valence-electron chi connectivity index (χ0n) is 10.1. The van der Waals surface area contributed by atoms with Crippen molar-refractivity contribution in [3.63, 3.8) is 0 Å². The molecule has 3 unspecified atom stereocenters. The van der Waals surface area contributed by atoms with E-state index in [1.54, 1.807) is 0 Å². The summed E-state index contributed by atoms with van der Waals surface area (Å²) >= 11 is 1.53. The van der Waals surface area contributed by atoms with E-state index in [-0.39, 0.29) is 0 Å². The molecule has 0 radical (unpaired) electrons. The maximum atomic E-state index is 3.98. The van der Waals surface area contributed by atoms with E-state index in [1.165, 1.54) is 48.5 Å². The van der Waals surface area contributed by atoms with E-state index >= 15 is 0 Å². The summed E-state index contributed by atoms with van der Waals surface area (Å²) in [4.78, 5) is 1.30. The van der Waals surface area contributed by atoms with Gasteiger partial charge in [0.25, 0.3) is 0 Å². The van der Waals surface area contributed by atoms with Gasteiger partial charge in [0.2, 0.25) is 0 Å². The second-order valence-electron chi connectivity index (χ2n) is 4.79. The standard InChI is InChI=1S/C12H21N3S/c1-3-9-5-4-6-10(7-9)12(13-2)11-8-14-15-16-11/h8-10,12-13H,3-7H2,1-2H3. The largest absolute Gasteiger partial charge is 0.312 e. The van der Waals surface area contributed by atoms with Gasteiger partial charge in [-0.3, -0.25) is 0 Å². The molecule has 1 saturated carbocycles.